The minimum absolute atomic E-state index is 0.216. The van der Waals surface area contributed by atoms with Crippen LogP contribution in [0.3, 0.4) is 0 Å². The van der Waals surface area contributed by atoms with Crippen LogP contribution < -0.4 is 10.6 Å². The molecule has 2 heterocycles. The van der Waals surface area contributed by atoms with Gasteiger partial charge in [0.1, 0.15) is 11.4 Å². The lowest BCUT2D eigenvalue weighted by molar-refractivity contribution is 0.126. The zero-order valence-electron chi connectivity index (χ0n) is 24.7. The van der Waals surface area contributed by atoms with Gasteiger partial charge in [0.05, 0.1) is 23.7 Å². The molecule has 0 unspecified atom stereocenters. The number of nitrogens with one attached hydrogen (secondary N) is 2. The Morgan fingerprint density at radius 1 is 0.814 bits per heavy atom. The molecule has 220 valence electrons. The summed E-state index contributed by atoms with van der Waals surface area (Å²) >= 11 is 0. The van der Waals surface area contributed by atoms with Crippen molar-refractivity contribution in [1.82, 2.24) is 19.5 Å². The molecule has 1 fully saturated rings. The van der Waals surface area contributed by atoms with Gasteiger partial charge in [-0.05, 0) is 48.8 Å². The van der Waals surface area contributed by atoms with Crippen molar-refractivity contribution < 1.29 is 5.11 Å². The quantitative estimate of drug-likeness (QED) is 0.116. The molecule has 1 saturated carbocycles. The predicted molar refractivity (Wildman–Crippen MR) is 173 cm³/mol. The molecule has 0 bridgehead atoms. The standard InChI is InChI=1S/C36H40N6O/c1-2-3-23-37-35-38-24-32(34(41-35)40-30-19-21-31(43)22-20-30)33-25-42(26-39-33)36(27-13-7-4-8-14-27,28-15-9-5-10-16-28)29-17-11-6-12-18-29/h4-18,24-26,30-31,43H,2-3,19-23H2,1H3,(H2,37,38,40,41). The van der Waals surface area contributed by atoms with Gasteiger partial charge < -0.3 is 20.3 Å². The first kappa shape index (κ1) is 28.6. The third kappa shape index (κ3) is 6.04. The Morgan fingerprint density at radius 3 is 1.95 bits per heavy atom. The van der Waals surface area contributed by atoms with Crippen LogP contribution in [0.4, 0.5) is 11.8 Å². The Hall–Kier alpha value is -4.49. The summed E-state index contributed by atoms with van der Waals surface area (Å²) in [4.78, 5) is 14.6. The van der Waals surface area contributed by atoms with Gasteiger partial charge in [-0.2, -0.15) is 4.98 Å². The highest BCUT2D eigenvalue weighted by molar-refractivity contribution is 5.73. The molecule has 1 aliphatic rings. The van der Waals surface area contributed by atoms with Gasteiger partial charge in [-0.15, -0.1) is 0 Å². The van der Waals surface area contributed by atoms with E-state index in [1.165, 1.54) is 0 Å². The van der Waals surface area contributed by atoms with Crippen LogP contribution in [0.5, 0.6) is 0 Å². The molecule has 0 saturated heterocycles. The van der Waals surface area contributed by atoms with Crippen molar-refractivity contribution in [2.45, 2.75) is 63.1 Å². The highest BCUT2D eigenvalue weighted by Gasteiger charge is 2.38. The lowest BCUT2D eigenvalue weighted by Crippen LogP contribution is -2.36. The first-order chi connectivity index (χ1) is 21.2. The zero-order valence-corrected chi connectivity index (χ0v) is 24.7. The Bertz CT molecular complexity index is 1480. The Kier molecular flexibility index (Phi) is 8.80. The summed E-state index contributed by atoms with van der Waals surface area (Å²) in [5.41, 5.74) is 4.43. The number of benzene rings is 3. The summed E-state index contributed by atoms with van der Waals surface area (Å²) in [6, 6.07) is 32.1. The topological polar surface area (TPSA) is 87.9 Å². The largest absolute Gasteiger partial charge is 0.393 e. The van der Waals surface area contributed by atoms with Gasteiger partial charge in [-0.3, -0.25) is 0 Å². The summed E-state index contributed by atoms with van der Waals surface area (Å²) in [5.74, 6) is 1.38. The average Bonchev–Trinajstić information content (AvgIpc) is 3.55. The fraction of sp³-hybridized carbons (Fsp3) is 0.306. The number of aliphatic hydroxyl groups is 1. The van der Waals surface area contributed by atoms with Crippen molar-refractivity contribution >= 4 is 11.8 Å². The number of aliphatic hydroxyl groups excluding tert-OH is 1. The van der Waals surface area contributed by atoms with Crippen molar-refractivity contribution in [3.05, 3.63) is 126 Å². The first-order valence-corrected chi connectivity index (χ1v) is 15.5. The average molecular weight is 573 g/mol. The van der Waals surface area contributed by atoms with Crippen LogP contribution in [0.15, 0.2) is 110 Å². The van der Waals surface area contributed by atoms with Crippen molar-refractivity contribution in [3.8, 4) is 11.3 Å². The predicted octanol–water partition coefficient (Wildman–Crippen LogP) is 7.11. The van der Waals surface area contributed by atoms with E-state index in [0.717, 1.165) is 78.8 Å². The maximum absolute atomic E-state index is 10.1. The van der Waals surface area contributed by atoms with Gasteiger partial charge in [0, 0.05) is 25.0 Å². The van der Waals surface area contributed by atoms with Gasteiger partial charge in [0.2, 0.25) is 5.95 Å². The molecule has 7 nitrogen and oxygen atoms in total. The minimum Gasteiger partial charge on any atom is -0.393 e. The maximum atomic E-state index is 10.1. The van der Waals surface area contributed by atoms with Crippen LogP contribution in [0.25, 0.3) is 11.3 Å². The molecule has 0 atom stereocenters. The fourth-order valence-corrected chi connectivity index (χ4v) is 6.19. The highest BCUT2D eigenvalue weighted by Crippen LogP contribution is 2.42. The van der Waals surface area contributed by atoms with Crippen LogP contribution in [0.2, 0.25) is 0 Å². The van der Waals surface area contributed by atoms with E-state index in [1.807, 2.05) is 12.5 Å². The zero-order chi connectivity index (χ0) is 29.5. The number of anilines is 2. The number of hydrogen-bond donors (Lipinski definition) is 3. The van der Waals surface area contributed by atoms with Crippen LogP contribution in [0, 0.1) is 0 Å². The fourth-order valence-electron chi connectivity index (χ4n) is 6.19. The van der Waals surface area contributed by atoms with Crippen LogP contribution in [0.1, 0.15) is 62.1 Å². The molecular formula is C36H40N6O. The summed E-state index contributed by atoms with van der Waals surface area (Å²) in [5, 5.41) is 17.1. The molecule has 1 aliphatic carbocycles. The summed E-state index contributed by atoms with van der Waals surface area (Å²) < 4.78 is 2.22. The maximum Gasteiger partial charge on any atom is 0.224 e. The summed E-state index contributed by atoms with van der Waals surface area (Å²) in [6.45, 7) is 3.00. The van der Waals surface area contributed by atoms with Crippen LogP contribution in [-0.4, -0.2) is 43.3 Å². The van der Waals surface area contributed by atoms with Crippen molar-refractivity contribution in [2.24, 2.45) is 0 Å². The van der Waals surface area contributed by atoms with Gasteiger partial charge in [-0.1, -0.05) is 104 Å². The molecule has 2 aromatic heterocycles. The van der Waals surface area contributed by atoms with E-state index in [0.29, 0.717) is 5.95 Å². The molecular weight excluding hydrogens is 532 g/mol. The van der Waals surface area contributed by atoms with E-state index >= 15 is 0 Å². The second-order valence-electron chi connectivity index (χ2n) is 11.4. The smallest absolute Gasteiger partial charge is 0.224 e. The molecule has 0 aliphatic heterocycles. The Labute approximate surface area is 254 Å². The van der Waals surface area contributed by atoms with E-state index in [-0.39, 0.29) is 12.1 Å². The van der Waals surface area contributed by atoms with E-state index in [1.54, 1.807) is 0 Å². The van der Waals surface area contributed by atoms with E-state index in [4.69, 9.17) is 9.97 Å². The molecule has 0 spiro atoms. The molecule has 6 rings (SSSR count). The number of unbranched alkanes of at least 4 members (excludes halogenated alkanes) is 1. The summed E-state index contributed by atoms with van der Waals surface area (Å²) in [6.07, 6.45) is 11.2. The number of aromatic nitrogens is 4. The molecule has 43 heavy (non-hydrogen) atoms. The minimum atomic E-state index is -0.648. The molecule has 7 heteroatoms. The summed E-state index contributed by atoms with van der Waals surface area (Å²) in [7, 11) is 0. The SMILES string of the molecule is CCCCNc1ncc(-c2cn(C(c3ccccc3)(c3ccccc3)c3ccccc3)cn2)c(NC2CCC(O)CC2)n1. The number of rotatable bonds is 11. The Morgan fingerprint density at radius 2 is 1.40 bits per heavy atom. The second-order valence-corrected chi connectivity index (χ2v) is 11.4. The molecule has 0 radical (unpaired) electrons. The normalized spacial score (nSPS) is 17.0. The van der Waals surface area contributed by atoms with Crippen molar-refractivity contribution in [3.63, 3.8) is 0 Å². The number of imidazole rings is 1. The molecule has 3 aromatic carbocycles. The molecule has 5 aromatic rings. The van der Waals surface area contributed by atoms with Gasteiger partial charge in [-0.25, -0.2) is 9.97 Å². The van der Waals surface area contributed by atoms with Crippen molar-refractivity contribution in [2.75, 3.05) is 17.2 Å². The monoisotopic (exact) mass is 572 g/mol. The van der Waals surface area contributed by atoms with Crippen LogP contribution >= 0.6 is 0 Å². The molecule has 0 amide bonds. The number of hydrogen-bond acceptors (Lipinski definition) is 6. The lowest BCUT2D eigenvalue weighted by Gasteiger charge is -2.37. The highest BCUT2D eigenvalue weighted by atomic mass is 16.3. The van der Waals surface area contributed by atoms with E-state index in [2.05, 4.69) is 124 Å². The lowest BCUT2D eigenvalue weighted by atomic mass is 9.77. The number of nitrogens with zero attached hydrogens (tertiary/aromatic N) is 4. The van der Waals surface area contributed by atoms with Gasteiger partial charge >= 0.3 is 0 Å². The van der Waals surface area contributed by atoms with Gasteiger partial charge in [0.15, 0.2) is 0 Å². The van der Waals surface area contributed by atoms with E-state index in [9.17, 15) is 5.11 Å². The van der Waals surface area contributed by atoms with Crippen molar-refractivity contribution in [1.29, 1.82) is 0 Å². The third-order valence-electron chi connectivity index (χ3n) is 8.46. The molecule has 3 N–H and O–H groups in total. The third-order valence-corrected chi connectivity index (χ3v) is 8.46. The second kappa shape index (κ2) is 13.2. The van der Waals surface area contributed by atoms with Crippen LogP contribution in [-0.2, 0) is 5.54 Å². The van der Waals surface area contributed by atoms with Gasteiger partial charge in [0.25, 0.3) is 0 Å². The first-order valence-electron chi connectivity index (χ1n) is 15.5. The van der Waals surface area contributed by atoms with E-state index < -0.39 is 5.54 Å². The Balaban J connectivity index is 1.47.